The lowest BCUT2D eigenvalue weighted by atomic mass is 9.97. The fourth-order valence-corrected chi connectivity index (χ4v) is 2.95. The van der Waals surface area contributed by atoms with Crippen molar-refractivity contribution in [1.29, 1.82) is 0 Å². The van der Waals surface area contributed by atoms with Gasteiger partial charge in [0.2, 0.25) is 0 Å². The fraction of sp³-hybridized carbons (Fsp3) is 0.429. The summed E-state index contributed by atoms with van der Waals surface area (Å²) >= 11 is 0. The monoisotopic (exact) mass is 454 g/mol. The fourth-order valence-electron chi connectivity index (χ4n) is 2.95. The highest BCUT2D eigenvalue weighted by Crippen LogP contribution is 2.33. The topological polar surface area (TPSA) is 110 Å². The van der Waals surface area contributed by atoms with Crippen molar-refractivity contribution in [2.45, 2.75) is 51.6 Å². The second kappa shape index (κ2) is 9.41. The number of hydrogen-bond acceptors (Lipinski definition) is 6. The molecule has 0 aliphatic rings. The largest absolute Gasteiger partial charge is 0.618 e. The molecule has 174 valence electrons. The average molecular weight is 454 g/mol. The third-order valence-corrected chi connectivity index (χ3v) is 4.39. The number of hydrogen-bond donors (Lipinski definition) is 0. The second-order valence-electron chi connectivity index (χ2n) is 8.00. The van der Waals surface area contributed by atoms with E-state index in [9.17, 15) is 19.9 Å². The molecule has 0 fully saturated rings. The number of carboxylic acid groups (broad SMARTS) is 1. The Balaban J connectivity index is 2.59. The molecule has 1 unspecified atom stereocenters. The van der Waals surface area contributed by atoms with E-state index in [4.69, 9.17) is 4.74 Å². The number of nitrogens with zero attached hydrogens (tertiary/aromatic N) is 3. The highest BCUT2D eigenvalue weighted by Gasteiger charge is 2.45. The maximum absolute atomic E-state index is 15.3. The number of aliphatic carboxylic acids is 1. The summed E-state index contributed by atoms with van der Waals surface area (Å²) in [6.07, 6.45) is 0.443. The summed E-state index contributed by atoms with van der Waals surface area (Å²) in [5, 5.41) is 23.2. The summed E-state index contributed by atoms with van der Waals surface area (Å²) in [5.74, 6) is -9.04. The molecule has 1 amide bonds. The molecule has 0 radical (unpaired) electrons. The minimum atomic E-state index is -3.93. The Morgan fingerprint density at radius 1 is 1.25 bits per heavy atom. The number of aromatic nitrogens is 2. The second-order valence-corrected chi connectivity index (χ2v) is 8.00. The molecule has 0 aromatic carbocycles. The SMILES string of the molecule is CCC(C(=O)[O-])c1ccnc(N(CC(F)(F)c2cccc[n+]2[O-])C(=O)OC(C)(C)C)c1F. The zero-order chi connectivity index (χ0) is 24.3. The molecule has 2 heterocycles. The summed E-state index contributed by atoms with van der Waals surface area (Å²) in [6.45, 7) is 4.43. The van der Waals surface area contributed by atoms with Gasteiger partial charge in [0, 0.05) is 35.8 Å². The van der Waals surface area contributed by atoms with Crippen LogP contribution in [0.5, 0.6) is 0 Å². The number of alkyl halides is 2. The van der Waals surface area contributed by atoms with Crippen LogP contribution in [0.1, 0.15) is 51.3 Å². The van der Waals surface area contributed by atoms with Crippen LogP contribution < -0.4 is 14.7 Å². The molecule has 0 aliphatic heterocycles. The van der Waals surface area contributed by atoms with Crippen LogP contribution in [0.3, 0.4) is 0 Å². The third kappa shape index (κ3) is 5.65. The molecule has 0 spiro atoms. The zero-order valence-electron chi connectivity index (χ0n) is 18.0. The molecular formula is C21H23F3N3O5-. The van der Waals surface area contributed by atoms with Crippen molar-refractivity contribution >= 4 is 17.9 Å². The predicted molar refractivity (Wildman–Crippen MR) is 105 cm³/mol. The molecule has 2 aromatic rings. The molecule has 0 saturated heterocycles. The van der Waals surface area contributed by atoms with Gasteiger partial charge in [0.15, 0.2) is 17.8 Å². The summed E-state index contributed by atoms with van der Waals surface area (Å²) in [7, 11) is 0. The van der Waals surface area contributed by atoms with E-state index < -0.39 is 53.4 Å². The predicted octanol–water partition coefficient (Wildman–Crippen LogP) is 2.63. The van der Waals surface area contributed by atoms with Crippen LogP contribution in [0, 0.1) is 11.0 Å². The normalized spacial score (nSPS) is 12.8. The number of carbonyl (C=O) groups excluding carboxylic acids is 2. The maximum Gasteiger partial charge on any atom is 0.416 e. The van der Waals surface area contributed by atoms with Crippen LogP contribution in [0.15, 0.2) is 36.7 Å². The number of carboxylic acids is 1. The third-order valence-electron chi connectivity index (χ3n) is 4.39. The van der Waals surface area contributed by atoms with Gasteiger partial charge in [-0.2, -0.15) is 13.5 Å². The van der Waals surface area contributed by atoms with Crippen molar-refractivity contribution in [3.63, 3.8) is 0 Å². The van der Waals surface area contributed by atoms with Gasteiger partial charge in [-0.15, -0.1) is 0 Å². The number of anilines is 1. The molecule has 32 heavy (non-hydrogen) atoms. The first kappa shape index (κ1) is 24.9. The number of ether oxygens (including phenoxy) is 1. The molecule has 0 bridgehead atoms. The van der Waals surface area contributed by atoms with Gasteiger partial charge in [0.05, 0.1) is 0 Å². The number of amides is 1. The van der Waals surface area contributed by atoms with E-state index in [1.807, 2.05) is 0 Å². The number of rotatable bonds is 7. The van der Waals surface area contributed by atoms with Gasteiger partial charge in [-0.1, -0.05) is 6.92 Å². The van der Waals surface area contributed by atoms with E-state index in [1.54, 1.807) is 0 Å². The average Bonchev–Trinajstić information content (AvgIpc) is 2.67. The molecular weight excluding hydrogens is 431 g/mol. The van der Waals surface area contributed by atoms with E-state index in [2.05, 4.69) is 4.98 Å². The zero-order valence-corrected chi connectivity index (χ0v) is 18.0. The van der Waals surface area contributed by atoms with Gasteiger partial charge in [0.25, 0.3) is 5.69 Å². The van der Waals surface area contributed by atoms with Crippen LogP contribution in [0.4, 0.5) is 23.8 Å². The summed E-state index contributed by atoms with van der Waals surface area (Å²) < 4.78 is 50.3. The Bertz CT molecular complexity index is 995. The van der Waals surface area contributed by atoms with Crippen LogP contribution in [0.25, 0.3) is 0 Å². The maximum atomic E-state index is 15.3. The smallest absolute Gasteiger partial charge is 0.416 e. The van der Waals surface area contributed by atoms with Crippen molar-refractivity contribution < 1.29 is 37.3 Å². The Morgan fingerprint density at radius 3 is 2.44 bits per heavy atom. The van der Waals surface area contributed by atoms with Crippen LogP contribution in [0.2, 0.25) is 0 Å². The van der Waals surface area contributed by atoms with E-state index in [-0.39, 0.29) is 21.6 Å². The highest BCUT2D eigenvalue weighted by atomic mass is 19.3. The van der Waals surface area contributed by atoms with E-state index >= 15 is 13.2 Å². The molecule has 1 atom stereocenters. The lowest BCUT2D eigenvalue weighted by molar-refractivity contribution is -0.624. The van der Waals surface area contributed by atoms with Crippen molar-refractivity contribution in [3.05, 3.63) is 58.9 Å². The van der Waals surface area contributed by atoms with Gasteiger partial charge in [-0.05, 0) is 39.3 Å². The molecule has 11 heteroatoms. The summed E-state index contributed by atoms with van der Waals surface area (Å²) in [6, 6.07) is 4.38. The van der Waals surface area contributed by atoms with Crippen LogP contribution in [-0.2, 0) is 15.5 Å². The molecule has 0 N–H and O–H groups in total. The van der Waals surface area contributed by atoms with Gasteiger partial charge in [-0.3, -0.25) is 4.90 Å². The van der Waals surface area contributed by atoms with Crippen molar-refractivity contribution in [3.8, 4) is 0 Å². The van der Waals surface area contributed by atoms with Gasteiger partial charge in [-0.25, -0.2) is 14.2 Å². The van der Waals surface area contributed by atoms with Gasteiger partial charge >= 0.3 is 12.0 Å². The molecule has 2 rings (SSSR count). The number of halogens is 3. The summed E-state index contributed by atoms with van der Waals surface area (Å²) in [5.41, 5.74) is -2.49. The highest BCUT2D eigenvalue weighted by molar-refractivity contribution is 5.87. The first-order valence-electron chi connectivity index (χ1n) is 9.70. The Hall–Kier alpha value is -3.37. The molecule has 0 saturated carbocycles. The summed E-state index contributed by atoms with van der Waals surface area (Å²) in [4.78, 5) is 28.1. The van der Waals surface area contributed by atoms with Gasteiger partial charge in [0.1, 0.15) is 12.1 Å². The van der Waals surface area contributed by atoms with Crippen LogP contribution in [-0.4, -0.2) is 29.2 Å². The number of carbonyl (C=O) groups is 2. The lowest BCUT2D eigenvalue weighted by Gasteiger charge is -2.30. The molecule has 2 aromatic heterocycles. The van der Waals surface area contributed by atoms with Crippen molar-refractivity contribution in [1.82, 2.24) is 4.98 Å². The minimum Gasteiger partial charge on any atom is -0.618 e. The standard InChI is InChI=1S/C21H24F3N3O5/c1-5-13(18(28)29)14-9-10-25-17(16(14)22)26(19(30)32-20(2,3)4)12-21(23,24)15-8-6-7-11-27(15)31/h6-11,13H,5,12H2,1-4H3,(H,28,29)/p-1. The first-order chi connectivity index (χ1) is 14.8. The Morgan fingerprint density at radius 2 is 1.91 bits per heavy atom. The van der Waals surface area contributed by atoms with Crippen molar-refractivity contribution in [2.75, 3.05) is 11.4 Å². The molecule has 8 nitrogen and oxygen atoms in total. The van der Waals surface area contributed by atoms with Gasteiger partial charge < -0.3 is 19.8 Å². The first-order valence-corrected chi connectivity index (χ1v) is 9.70. The van der Waals surface area contributed by atoms with E-state index in [0.717, 1.165) is 24.5 Å². The lowest BCUT2D eigenvalue weighted by Crippen LogP contribution is -2.47. The Labute approximate surface area is 182 Å². The van der Waals surface area contributed by atoms with Crippen molar-refractivity contribution in [2.24, 2.45) is 0 Å². The molecule has 0 aliphatic carbocycles. The minimum absolute atomic E-state index is 0.0501. The van der Waals surface area contributed by atoms with Crippen LogP contribution >= 0.6 is 0 Å². The van der Waals surface area contributed by atoms with E-state index in [0.29, 0.717) is 0 Å². The van der Waals surface area contributed by atoms with E-state index in [1.165, 1.54) is 39.8 Å². The quantitative estimate of drug-likeness (QED) is 0.470. The Kier molecular flexibility index (Phi) is 7.32. The number of pyridine rings is 2.